The summed E-state index contributed by atoms with van der Waals surface area (Å²) in [6.45, 7) is 4.66. The lowest BCUT2D eigenvalue weighted by Crippen LogP contribution is -2.38. The molecule has 1 aliphatic rings. The fourth-order valence-corrected chi connectivity index (χ4v) is 3.21. The SMILES string of the molecule is CCOCCn1c(=O)[nH]c2cc(C(=O)N3CCC(C#N)CC3)ccc21. The number of nitrogens with zero attached hydrogens (tertiary/aromatic N) is 3. The van der Waals surface area contributed by atoms with Gasteiger partial charge in [-0.25, -0.2) is 4.79 Å². The summed E-state index contributed by atoms with van der Waals surface area (Å²) in [7, 11) is 0. The lowest BCUT2D eigenvalue weighted by Gasteiger charge is -2.29. The highest BCUT2D eigenvalue weighted by Gasteiger charge is 2.23. The number of aromatic amines is 1. The summed E-state index contributed by atoms with van der Waals surface area (Å²) in [6, 6.07) is 7.55. The van der Waals surface area contributed by atoms with Crippen molar-refractivity contribution in [2.45, 2.75) is 26.3 Å². The number of ether oxygens (including phenoxy) is 1. The van der Waals surface area contributed by atoms with E-state index in [-0.39, 0.29) is 17.5 Å². The molecule has 3 rings (SSSR count). The van der Waals surface area contributed by atoms with Crippen LogP contribution in [0.1, 0.15) is 30.1 Å². The number of benzene rings is 1. The molecule has 1 saturated heterocycles. The van der Waals surface area contributed by atoms with Crippen LogP contribution >= 0.6 is 0 Å². The van der Waals surface area contributed by atoms with Crippen LogP contribution in [0.15, 0.2) is 23.0 Å². The van der Waals surface area contributed by atoms with Crippen molar-refractivity contribution in [2.75, 3.05) is 26.3 Å². The standard InChI is InChI=1S/C18H22N4O3/c1-2-25-10-9-22-16-4-3-14(11-15(16)20-18(22)24)17(23)21-7-5-13(12-19)6-8-21/h3-4,11,13H,2,5-10H2,1H3,(H,20,24). The van der Waals surface area contributed by atoms with E-state index in [2.05, 4.69) is 11.1 Å². The van der Waals surface area contributed by atoms with Gasteiger partial charge < -0.3 is 14.6 Å². The van der Waals surface area contributed by atoms with Crippen LogP contribution in [0.25, 0.3) is 11.0 Å². The van der Waals surface area contributed by atoms with Crippen molar-refractivity contribution < 1.29 is 9.53 Å². The summed E-state index contributed by atoms with van der Waals surface area (Å²) in [5.41, 5.74) is 1.78. The Kier molecular flexibility index (Phi) is 5.19. The van der Waals surface area contributed by atoms with Gasteiger partial charge in [0.05, 0.1) is 30.3 Å². The summed E-state index contributed by atoms with van der Waals surface area (Å²) < 4.78 is 6.94. The highest BCUT2D eigenvalue weighted by molar-refractivity contribution is 5.97. The van der Waals surface area contributed by atoms with E-state index in [0.29, 0.717) is 43.9 Å². The second-order valence-corrected chi connectivity index (χ2v) is 6.21. The quantitative estimate of drug-likeness (QED) is 0.838. The molecule has 1 amide bonds. The number of amides is 1. The molecule has 1 fully saturated rings. The van der Waals surface area contributed by atoms with Crippen molar-refractivity contribution in [2.24, 2.45) is 5.92 Å². The summed E-state index contributed by atoms with van der Waals surface area (Å²) in [5.74, 6) is -0.0107. The zero-order chi connectivity index (χ0) is 17.8. The van der Waals surface area contributed by atoms with E-state index in [9.17, 15) is 9.59 Å². The normalized spacial score (nSPS) is 15.4. The minimum atomic E-state index is -0.200. The molecule has 7 nitrogen and oxygen atoms in total. The van der Waals surface area contributed by atoms with Crippen molar-refractivity contribution >= 4 is 16.9 Å². The number of fused-ring (bicyclic) bond motifs is 1. The van der Waals surface area contributed by atoms with Gasteiger partial charge >= 0.3 is 5.69 Å². The molecule has 1 aliphatic heterocycles. The Morgan fingerprint density at radius 1 is 1.40 bits per heavy atom. The van der Waals surface area contributed by atoms with Gasteiger partial charge in [0.25, 0.3) is 5.91 Å². The van der Waals surface area contributed by atoms with Gasteiger partial charge in [-0.15, -0.1) is 0 Å². The second-order valence-electron chi connectivity index (χ2n) is 6.21. The summed E-state index contributed by atoms with van der Waals surface area (Å²) in [5, 5.41) is 8.96. The van der Waals surface area contributed by atoms with Crippen molar-refractivity contribution in [3.05, 3.63) is 34.2 Å². The Hall–Kier alpha value is -2.59. The van der Waals surface area contributed by atoms with Gasteiger partial charge in [0.15, 0.2) is 0 Å². The summed E-state index contributed by atoms with van der Waals surface area (Å²) in [6.07, 6.45) is 1.43. The van der Waals surface area contributed by atoms with Crippen molar-refractivity contribution in [3.8, 4) is 6.07 Å². The van der Waals surface area contributed by atoms with Crippen LogP contribution in [0.5, 0.6) is 0 Å². The molecule has 0 bridgehead atoms. The van der Waals surface area contributed by atoms with E-state index in [1.54, 1.807) is 27.7 Å². The maximum Gasteiger partial charge on any atom is 0.326 e. The molecule has 1 aromatic carbocycles. The lowest BCUT2D eigenvalue weighted by atomic mass is 9.98. The summed E-state index contributed by atoms with van der Waals surface area (Å²) in [4.78, 5) is 29.4. The van der Waals surface area contributed by atoms with E-state index in [0.717, 1.165) is 18.4 Å². The van der Waals surface area contributed by atoms with Gasteiger partial charge in [-0.05, 0) is 38.0 Å². The topological polar surface area (TPSA) is 91.1 Å². The van der Waals surface area contributed by atoms with E-state index in [1.807, 2.05) is 6.92 Å². The largest absolute Gasteiger partial charge is 0.380 e. The molecule has 1 N–H and O–H groups in total. The molecule has 1 aromatic heterocycles. The van der Waals surface area contributed by atoms with Crippen molar-refractivity contribution in [3.63, 3.8) is 0 Å². The summed E-state index contributed by atoms with van der Waals surface area (Å²) >= 11 is 0. The number of nitriles is 1. The highest BCUT2D eigenvalue weighted by atomic mass is 16.5. The predicted octanol–water partition coefficient (Wildman–Crippen LogP) is 1.74. The average molecular weight is 342 g/mol. The lowest BCUT2D eigenvalue weighted by molar-refractivity contribution is 0.0707. The van der Waals surface area contributed by atoms with Gasteiger partial charge in [0, 0.05) is 31.2 Å². The first-order valence-corrected chi connectivity index (χ1v) is 8.63. The number of hydrogen-bond acceptors (Lipinski definition) is 4. The third kappa shape index (κ3) is 3.59. The van der Waals surface area contributed by atoms with Gasteiger partial charge in [-0.3, -0.25) is 9.36 Å². The Bertz CT molecular complexity index is 853. The molecular weight excluding hydrogens is 320 g/mol. The fourth-order valence-electron chi connectivity index (χ4n) is 3.21. The number of likely N-dealkylation sites (tertiary alicyclic amines) is 1. The molecule has 132 valence electrons. The smallest absolute Gasteiger partial charge is 0.326 e. The molecule has 0 spiro atoms. The van der Waals surface area contributed by atoms with E-state index >= 15 is 0 Å². The molecular formula is C18H22N4O3. The average Bonchev–Trinajstić information content (AvgIpc) is 2.96. The Balaban J connectivity index is 1.79. The van der Waals surface area contributed by atoms with Crippen LogP contribution in [-0.2, 0) is 11.3 Å². The molecule has 25 heavy (non-hydrogen) atoms. The van der Waals surface area contributed by atoms with Crippen LogP contribution in [0.3, 0.4) is 0 Å². The van der Waals surface area contributed by atoms with Gasteiger partial charge in [0.2, 0.25) is 0 Å². The number of imidazole rings is 1. The minimum absolute atomic E-state index is 0.0438. The molecule has 0 radical (unpaired) electrons. The second kappa shape index (κ2) is 7.53. The van der Waals surface area contributed by atoms with Crippen molar-refractivity contribution in [1.29, 1.82) is 5.26 Å². The zero-order valence-corrected chi connectivity index (χ0v) is 14.3. The highest BCUT2D eigenvalue weighted by Crippen LogP contribution is 2.20. The number of carbonyl (C=O) groups is 1. The predicted molar refractivity (Wildman–Crippen MR) is 93.3 cm³/mol. The van der Waals surface area contributed by atoms with Gasteiger partial charge in [-0.2, -0.15) is 5.26 Å². The molecule has 0 unspecified atom stereocenters. The van der Waals surface area contributed by atoms with Crippen LogP contribution in [0, 0.1) is 17.2 Å². The molecule has 7 heteroatoms. The number of hydrogen-bond donors (Lipinski definition) is 1. The minimum Gasteiger partial charge on any atom is -0.380 e. The van der Waals surface area contributed by atoms with Crippen LogP contribution in [0.4, 0.5) is 0 Å². The van der Waals surface area contributed by atoms with Crippen LogP contribution in [-0.4, -0.2) is 46.7 Å². The Morgan fingerprint density at radius 2 is 2.16 bits per heavy atom. The van der Waals surface area contributed by atoms with E-state index in [1.165, 1.54) is 0 Å². The fraction of sp³-hybridized carbons (Fsp3) is 0.500. The van der Waals surface area contributed by atoms with E-state index in [4.69, 9.17) is 10.00 Å². The maximum absolute atomic E-state index is 12.7. The van der Waals surface area contributed by atoms with E-state index < -0.39 is 0 Å². The first kappa shape index (κ1) is 17.2. The third-order valence-corrected chi connectivity index (χ3v) is 4.65. The maximum atomic E-state index is 12.7. The van der Waals surface area contributed by atoms with Crippen LogP contribution < -0.4 is 5.69 Å². The number of aromatic nitrogens is 2. The molecule has 2 heterocycles. The number of H-pyrrole nitrogens is 1. The van der Waals surface area contributed by atoms with Crippen LogP contribution in [0.2, 0.25) is 0 Å². The third-order valence-electron chi connectivity index (χ3n) is 4.65. The van der Waals surface area contributed by atoms with Gasteiger partial charge in [-0.1, -0.05) is 0 Å². The first-order valence-electron chi connectivity index (χ1n) is 8.63. The number of carbonyl (C=O) groups excluding carboxylic acids is 1. The number of rotatable bonds is 5. The first-order chi connectivity index (χ1) is 12.1. The number of nitrogens with one attached hydrogen (secondary N) is 1. The Labute approximate surface area is 145 Å². The molecule has 0 atom stereocenters. The molecule has 0 aliphatic carbocycles. The monoisotopic (exact) mass is 342 g/mol. The molecule has 2 aromatic rings. The molecule has 0 saturated carbocycles. The number of piperidine rings is 1. The Morgan fingerprint density at radius 3 is 2.84 bits per heavy atom. The van der Waals surface area contributed by atoms with Crippen molar-refractivity contribution in [1.82, 2.24) is 14.5 Å². The zero-order valence-electron chi connectivity index (χ0n) is 14.3. The van der Waals surface area contributed by atoms with Gasteiger partial charge in [0.1, 0.15) is 0 Å².